The molecule has 1 atom stereocenters. The molecule has 2 amide bonds. The molecule has 2 aromatic carbocycles. The van der Waals surface area contributed by atoms with Crippen LogP contribution in [0.4, 0.5) is 4.79 Å². The van der Waals surface area contributed by atoms with Gasteiger partial charge in [-0.05, 0) is 48.5 Å². The Morgan fingerprint density at radius 1 is 0.933 bits per heavy atom. The van der Waals surface area contributed by atoms with Crippen molar-refractivity contribution in [3.63, 3.8) is 0 Å². The zero-order valence-electron chi connectivity index (χ0n) is 16.5. The van der Waals surface area contributed by atoms with Crippen LogP contribution in [-0.4, -0.2) is 42.1 Å². The van der Waals surface area contributed by atoms with E-state index in [2.05, 4.69) is 15.6 Å². The maximum atomic E-state index is 12.7. The molecular formula is C23H24N4O3. The molecule has 1 fully saturated rings. The Morgan fingerprint density at radius 2 is 1.63 bits per heavy atom. The number of nitrogens with one attached hydrogen (secondary N) is 2. The molecule has 154 valence electrons. The van der Waals surface area contributed by atoms with Gasteiger partial charge in [0.25, 0.3) is 0 Å². The lowest BCUT2D eigenvalue weighted by molar-refractivity contribution is 0.139. The van der Waals surface area contributed by atoms with Crippen molar-refractivity contribution in [2.45, 2.75) is 6.23 Å². The fraction of sp³-hybridized carbons (Fsp3) is 0.217. The first kappa shape index (κ1) is 19.7. The molecule has 7 heteroatoms. The lowest BCUT2D eigenvalue weighted by Gasteiger charge is -2.30. The van der Waals surface area contributed by atoms with Crippen LogP contribution in [0, 0.1) is 0 Å². The zero-order valence-corrected chi connectivity index (χ0v) is 16.5. The van der Waals surface area contributed by atoms with Crippen LogP contribution in [0.15, 0.2) is 79.1 Å². The molecule has 1 unspecified atom stereocenters. The van der Waals surface area contributed by atoms with Crippen LogP contribution in [0.5, 0.6) is 17.2 Å². The van der Waals surface area contributed by atoms with E-state index in [0.717, 1.165) is 24.4 Å². The zero-order chi connectivity index (χ0) is 20.6. The largest absolute Gasteiger partial charge is 0.465 e. The van der Waals surface area contributed by atoms with E-state index in [1.54, 1.807) is 23.4 Å². The van der Waals surface area contributed by atoms with Gasteiger partial charge in [-0.3, -0.25) is 10.3 Å². The third-order valence-electron chi connectivity index (χ3n) is 4.71. The third kappa shape index (κ3) is 5.27. The average Bonchev–Trinajstić information content (AvgIpc) is 2.81. The standard InChI is InChI=1S/C23H24N4O3/c28-23(27-15-13-24-14-16-27)26-22(30-21-7-4-12-25-17-21)18-8-10-20(11-9-18)29-19-5-2-1-3-6-19/h1-12,17,22,24H,13-16H2,(H,26,28). The van der Waals surface area contributed by atoms with Crippen molar-refractivity contribution < 1.29 is 14.3 Å². The van der Waals surface area contributed by atoms with Crippen LogP contribution in [0.1, 0.15) is 11.8 Å². The highest BCUT2D eigenvalue weighted by Crippen LogP contribution is 2.25. The SMILES string of the molecule is O=C(NC(Oc1cccnc1)c1ccc(Oc2ccccc2)cc1)N1CCNCC1. The van der Waals surface area contributed by atoms with Crippen molar-refractivity contribution in [2.75, 3.05) is 26.2 Å². The Balaban J connectivity index is 1.49. The molecule has 4 rings (SSSR count). The Labute approximate surface area is 175 Å². The number of hydrogen-bond acceptors (Lipinski definition) is 5. The number of benzene rings is 2. The number of pyridine rings is 1. The number of carbonyl (C=O) groups is 1. The van der Waals surface area contributed by atoms with Crippen LogP contribution in [0.2, 0.25) is 0 Å². The number of para-hydroxylation sites is 1. The first-order valence-electron chi connectivity index (χ1n) is 9.94. The van der Waals surface area contributed by atoms with E-state index >= 15 is 0 Å². The third-order valence-corrected chi connectivity index (χ3v) is 4.71. The topological polar surface area (TPSA) is 75.7 Å². The van der Waals surface area contributed by atoms with Crippen LogP contribution in [-0.2, 0) is 0 Å². The van der Waals surface area contributed by atoms with Crippen molar-refractivity contribution >= 4 is 6.03 Å². The molecule has 7 nitrogen and oxygen atoms in total. The molecule has 3 aromatic rings. The highest BCUT2D eigenvalue weighted by molar-refractivity contribution is 5.74. The summed E-state index contributed by atoms with van der Waals surface area (Å²) in [4.78, 5) is 18.6. The molecule has 1 aromatic heterocycles. The summed E-state index contributed by atoms with van der Waals surface area (Å²) in [6, 6.07) is 20.5. The average molecular weight is 404 g/mol. The predicted molar refractivity (Wildman–Crippen MR) is 114 cm³/mol. The van der Waals surface area contributed by atoms with Gasteiger partial charge < -0.3 is 19.7 Å². The summed E-state index contributed by atoms with van der Waals surface area (Å²) in [5.41, 5.74) is 0.808. The molecular weight excluding hydrogens is 380 g/mol. The molecule has 30 heavy (non-hydrogen) atoms. The van der Waals surface area contributed by atoms with Crippen LogP contribution in [0.25, 0.3) is 0 Å². The van der Waals surface area contributed by atoms with E-state index in [1.165, 1.54) is 0 Å². The predicted octanol–water partition coefficient (Wildman–Crippen LogP) is 3.57. The van der Waals surface area contributed by atoms with Crippen LogP contribution in [0.3, 0.4) is 0 Å². The number of carbonyl (C=O) groups excluding carboxylic acids is 1. The second-order valence-corrected chi connectivity index (χ2v) is 6.86. The van der Waals surface area contributed by atoms with E-state index in [-0.39, 0.29) is 6.03 Å². The molecule has 0 saturated carbocycles. The summed E-state index contributed by atoms with van der Waals surface area (Å²) >= 11 is 0. The number of nitrogens with zero attached hydrogens (tertiary/aromatic N) is 2. The number of ether oxygens (including phenoxy) is 2. The van der Waals surface area contributed by atoms with Gasteiger partial charge in [-0.2, -0.15) is 0 Å². The molecule has 1 saturated heterocycles. The number of piperazine rings is 1. The summed E-state index contributed by atoms with van der Waals surface area (Å²) in [5.74, 6) is 2.05. The van der Waals surface area contributed by atoms with Crippen molar-refractivity contribution in [3.8, 4) is 17.2 Å². The van der Waals surface area contributed by atoms with Gasteiger partial charge in [0.15, 0.2) is 6.23 Å². The van der Waals surface area contributed by atoms with Gasteiger partial charge in [0.05, 0.1) is 6.20 Å². The molecule has 0 bridgehead atoms. The van der Waals surface area contributed by atoms with Crippen molar-refractivity contribution in [1.29, 1.82) is 0 Å². The number of amides is 2. The summed E-state index contributed by atoms with van der Waals surface area (Å²) in [6.45, 7) is 2.89. The first-order valence-corrected chi connectivity index (χ1v) is 9.94. The fourth-order valence-electron chi connectivity index (χ4n) is 3.14. The normalized spacial score (nSPS) is 14.6. The summed E-state index contributed by atoms with van der Waals surface area (Å²) < 4.78 is 11.9. The van der Waals surface area contributed by atoms with Crippen LogP contribution >= 0.6 is 0 Å². The molecule has 1 aliphatic rings. The highest BCUT2D eigenvalue weighted by atomic mass is 16.5. The van der Waals surface area contributed by atoms with Gasteiger partial charge in [-0.15, -0.1) is 0 Å². The van der Waals surface area contributed by atoms with Gasteiger partial charge in [0, 0.05) is 37.9 Å². The summed E-state index contributed by atoms with van der Waals surface area (Å²) in [6.07, 6.45) is 2.65. The molecule has 1 aliphatic heterocycles. The van der Waals surface area contributed by atoms with E-state index in [0.29, 0.717) is 24.6 Å². The molecule has 0 aliphatic carbocycles. The smallest absolute Gasteiger partial charge is 0.320 e. The van der Waals surface area contributed by atoms with Crippen molar-refractivity contribution in [1.82, 2.24) is 20.5 Å². The molecule has 2 heterocycles. The van der Waals surface area contributed by atoms with Crippen LogP contribution < -0.4 is 20.1 Å². The van der Waals surface area contributed by atoms with E-state index in [4.69, 9.17) is 9.47 Å². The summed E-state index contributed by atoms with van der Waals surface area (Å²) in [5, 5.41) is 6.23. The number of hydrogen-bond donors (Lipinski definition) is 2. The van der Waals surface area contributed by atoms with Crippen molar-refractivity contribution in [3.05, 3.63) is 84.7 Å². The lowest BCUT2D eigenvalue weighted by atomic mass is 10.2. The van der Waals surface area contributed by atoms with E-state index < -0.39 is 6.23 Å². The number of rotatable bonds is 6. The minimum absolute atomic E-state index is 0.157. The van der Waals surface area contributed by atoms with E-state index in [1.807, 2.05) is 60.7 Å². The summed E-state index contributed by atoms with van der Waals surface area (Å²) in [7, 11) is 0. The quantitative estimate of drug-likeness (QED) is 0.615. The van der Waals surface area contributed by atoms with Gasteiger partial charge in [-0.25, -0.2) is 4.79 Å². The molecule has 2 N–H and O–H groups in total. The van der Waals surface area contributed by atoms with Gasteiger partial charge in [0.1, 0.15) is 17.2 Å². The maximum Gasteiger partial charge on any atom is 0.320 e. The second kappa shape index (κ2) is 9.76. The first-order chi connectivity index (χ1) is 14.8. The monoisotopic (exact) mass is 404 g/mol. The minimum atomic E-state index is -0.651. The van der Waals surface area contributed by atoms with Gasteiger partial charge in [-0.1, -0.05) is 18.2 Å². The Bertz CT molecular complexity index is 930. The second-order valence-electron chi connectivity index (χ2n) is 6.86. The van der Waals surface area contributed by atoms with Crippen molar-refractivity contribution in [2.24, 2.45) is 0 Å². The van der Waals surface area contributed by atoms with Gasteiger partial charge in [0.2, 0.25) is 0 Å². The van der Waals surface area contributed by atoms with E-state index in [9.17, 15) is 4.79 Å². The molecule has 0 spiro atoms. The Morgan fingerprint density at radius 3 is 2.33 bits per heavy atom. The minimum Gasteiger partial charge on any atom is -0.465 e. The molecule has 0 radical (unpaired) electrons. The lowest BCUT2D eigenvalue weighted by Crippen LogP contribution is -2.51. The number of aromatic nitrogens is 1. The van der Waals surface area contributed by atoms with Gasteiger partial charge >= 0.3 is 6.03 Å². The highest BCUT2D eigenvalue weighted by Gasteiger charge is 2.22. The Kier molecular flexibility index (Phi) is 6.41. The fourth-order valence-corrected chi connectivity index (χ4v) is 3.14. The maximum absolute atomic E-state index is 12.7. The number of urea groups is 1. The Hall–Kier alpha value is -3.58.